The van der Waals surface area contributed by atoms with Gasteiger partial charge in [-0.1, -0.05) is 6.07 Å². The first-order valence-corrected chi connectivity index (χ1v) is 7.81. The molecule has 0 unspecified atom stereocenters. The summed E-state index contributed by atoms with van der Waals surface area (Å²) in [5.41, 5.74) is 1.24. The highest BCUT2D eigenvalue weighted by atomic mass is 19.2. The normalized spacial score (nSPS) is 11.0. The molecule has 1 N–H and O–H groups in total. The highest BCUT2D eigenvalue weighted by Crippen LogP contribution is 2.20. The van der Waals surface area contributed by atoms with Crippen molar-refractivity contribution in [3.63, 3.8) is 0 Å². The Morgan fingerprint density at radius 3 is 2.38 bits per heavy atom. The number of nitrogens with zero attached hydrogens (tertiary/aromatic N) is 2. The average Bonchev–Trinajstić information content (AvgIpc) is 2.62. The van der Waals surface area contributed by atoms with Gasteiger partial charge in [0.15, 0.2) is 11.6 Å². The molecule has 0 aliphatic carbocycles. The van der Waals surface area contributed by atoms with Gasteiger partial charge in [-0.15, -0.1) is 0 Å². The standard InChI is InChI=1S/C19H15F3N2O2/c1-11-6-13(3-5-15(11)20)18-8-14(10-25)19(26)24(23-18)9-12-2-4-16(21)17(22)7-12/h2-8,25H,9-10H2,1H3. The van der Waals surface area contributed by atoms with E-state index in [-0.39, 0.29) is 17.9 Å². The van der Waals surface area contributed by atoms with Crippen LogP contribution in [0.1, 0.15) is 16.7 Å². The van der Waals surface area contributed by atoms with Gasteiger partial charge in [0, 0.05) is 11.1 Å². The maximum absolute atomic E-state index is 13.5. The molecule has 7 heteroatoms. The summed E-state index contributed by atoms with van der Waals surface area (Å²) in [7, 11) is 0. The summed E-state index contributed by atoms with van der Waals surface area (Å²) in [5, 5.41) is 13.7. The zero-order valence-electron chi connectivity index (χ0n) is 13.8. The van der Waals surface area contributed by atoms with E-state index in [1.165, 1.54) is 24.3 Å². The second kappa shape index (κ2) is 7.13. The SMILES string of the molecule is Cc1cc(-c2cc(CO)c(=O)n(Cc3ccc(F)c(F)c3)n2)ccc1F. The summed E-state index contributed by atoms with van der Waals surface area (Å²) < 4.78 is 41.0. The van der Waals surface area contributed by atoms with E-state index in [9.17, 15) is 23.1 Å². The number of hydrogen-bond acceptors (Lipinski definition) is 3. The number of aliphatic hydroxyl groups excluding tert-OH is 1. The number of rotatable bonds is 4. The third kappa shape index (κ3) is 3.52. The molecule has 26 heavy (non-hydrogen) atoms. The fraction of sp³-hybridized carbons (Fsp3) is 0.158. The smallest absolute Gasteiger partial charge is 0.272 e. The maximum atomic E-state index is 13.5. The molecule has 0 atom stereocenters. The molecule has 1 aromatic heterocycles. The molecule has 3 rings (SSSR count). The lowest BCUT2D eigenvalue weighted by Gasteiger charge is -2.11. The molecule has 2 aromatic carbocycles. The second-order valence-electron chi connectivity index (χ2n) is 5.89. The highest BCUT2D eigenvalue weighted by Gasteiger charge is 2.12. The molecule has 0 fully saturated rings. The lowest BCUT2D eigenvalue weighted by atomic mass is 10.1. The van der Waals surface area contributed by atoms with E-state index in [1.54, 1.807) is 13.0 Å². The van der Waals surface area contributed by atoms with E-state index in [4.69, 9.17) is 0 Å². The van der Waals surface area contributed by atoms with Crippen LogP contribution in [-0.2, 0) is 13.2 Å². The molecule has 0 bridgehead atoms. The minimum Gasteiger partial charge on any atom is -0.391 e. The van der Waals surface area contributed by atoms with E-state index in [1.807, 2.05) is 0 Å². The van der Waals surface area contributed by atoms with Crippen molar-refractivity contribution >= 4 is 0 Å². The van der Waals surface area contributed by atoms with Crippen molar-refractivity contribution < 1.29 is 18.3 Å². The molecular formula is C19H15F3N2O2. The molecule has 0 saturated carbocycles. The predicted molar refractivity (Wildman–Crippen MR) is 90.0 cm³/mol. The number of aromatic nitrogens is 2. The zero-order chi connectivity index (χ0) is 18.8. The van der Waals surface area contributed by atoms with Crippen molar-refractivity contribution in [2.75, 3.05) is 0 Å². The Morgan fingerprint density at radius 1 is 1.00 bits per heavy atom. The molecule has 0 aliphatic heterocycles. The summed E-state index contributed by atoms with van der Waals surface area (Å²) in [5.74, 6) is -2.38. The second-order valence-corrected chi connectivity index (χ2v) is 5.89. The monoisotopic (exact) mass is 360 g/mol. The number of aryl methyl sites for hydroxylation is 1. The largest absolute Gasteiger partial charge is 0.391 e. The van der Waals surface area contributed by atoms with Crippen molar-refractivity contribution in [2.24, 2.45) is 0 Å². The van der Waals surface area contributed by atoms with Crippen LogP contribution in [-0.4, -0.2) is 14.9 Å². The number of aliphatic hydroxyl groups is 1. The molecule has 134 valence electrons. The molecule has 4 nitrogen and oxygen atoms in total. The van der Waals surface area contributed by atoms with Gasteiger partial charge in [0.1, 0.15) is 5.82 Å². The average molecular weight is 360 g/mol. The fourth-order valence-corrected chi connectivity index (χ4v) is 2.57. The van der Waals surface area contributed by atoms with Gasteiger partial charge >= 0.3 is 0 Å². The van der Waals surface area contributed by atoms with Gasteiger partial charge in [0.05, 0.1) is 18.8 Å². The molecule has 0 amide bonds. The summed E-state index contributed by atoms with van der Waals surface area (Å²) >= 11 is 0. The maximum Gasteiger partial charge on any atom is 0.272 e. The Morgan fingerprint density at radius 2 is 1.73 bits per heavy atom. The Bertz CT molecular complexity index is 1030. The lowest BCUT2D eigenvalue weighted by molar-refractivity contribution is 0.278. The van der Waals surface area contributed by atoms with Gasteiger partial charge in [-0.25, -0.2) is 17.9 Å². The van der Waals surface area contributed by atoms with E-state index in [2.05, 4.69) is 5.10 Å². The molecule has 0 aliphatic rings. The summed E-state index contributed by atoms with van der Waals surface area (Å²) in [6, 6.07) is 9.10. The first-order chi connectivity index (χ1) is 12.4. The van der Waals surface area contributed by atoms with Crippen LogP contribution in [0.3, 0.4) is 0 Å². The first kappa shape index (κ1) is 17.9. The Hall–Kier alpha value is -2.93. The topological polar surface area (TPSA) is 55.1 Å². The van der Waals surface area contributed by atoms with Crippen LogP contribution < -0.4 is 5.56 Å². The van der Waals surface area contributed by atoms with Crippen LogP contribution in [0.4, 0.5) is 13.2 Å². The van der Waals surface area contributed by atoms with Crippen molar-refractivity contribution in [2.45, 2.75) is 20.1 Å². The highest BCUT2D eigenvalue weighted by molar-refractivity contribution is 5.60. The van der Waals surface area contributed by atoms with Gasteiger partial charge in [-0.05, 0) is 54.4 Å². The van der Waals surface area contributed by atoms with Crippen LogP contribution in [0, 0.1) is 24.4 Å². The van der Waals surface area contributed by atoms with Gasteiger partial charge in [0.2, 0.25) is 0 Å². The van der Waals surface area contributed by atoms with Crippen LogP contribution in [0.15, 0.2) is 47.3 Å². The zero-order valence-corrected chi connectivity index (χ0v) is 13.8. The fourth-order valence-electron chi connectivity index (χ4n) is 2.57. The lowest BCUT2D eigenvalue weighted by Crippen LogP contribution is -2.27. The minimum absolute atomic E-state index is 0.0968. The van der Waals surface area contributed by atoms with Gasteiger partial charge in [-0.2, -0.15) is 5.10 Å². The number of halogens is 3. The van der Waals surface area contributed by atoms with Gasteiger partial charge in [0.25, 0.3) is 5.56 Å². The van der Waals surface area contributed by atoms with E-state index in [0.717, 1.165) is 16.8 Å². The third-order valence-electron chi connectivity index (χ3n) is 3.99. The van der Waals surface area contributed by atoms with Crippen molar-refractivity contribution in [3.8, 4) is 11.3 Å². The minimum atomic E-state index is -1.02. The quantitative estimate of drug-likeness (QED) is 0.778. The number of benzene rings is 2. The number of hydrogen-bond donors (Lipinski definition) is 1. The molecular weight excluding hydrogens is 345 g/mol. The Kier molecular flexibility index (Phi) is 4.90. The van der Waals surface area contributed by atoms with Crippen molar-refractivity contribution in [1.82, 2.24) is 9.78 Å². The molecule has 3 aromatic rings. The molecule has 0 saturated heterocycles. The molecule has 0 radical (unpaired) electrons. The van der Waals surface area contributed by atoms with E-state index >= 15 is 0 Å². The van der Waals surface area contributed by atoms with Crippen LogP contribution in [0.25, 0.3) is 11.3 Å². The Balaban J connectivity index is 2.08. The summed E-state index contributed by atoms with van der Waals surface area (Å²) in [6.45, 7) is 0.993. The van der Waals surface area contributed by atoms with E-state index < -0.39 is 23.8 Å². The summed E-state index contributed by atoms with van der Waals surface area (Å²) in [4.78, 5) is 12.4. The molecule has 1 heterocycles. The predicted octanol–water partition coefficient (Wildman–Crippen LogP) is 3.18. The van der Waals surface area contributed by atoms with Crippen molar-refractivity contribution in [3.05, 3.63) is 87.0 Å². The summed E-state index contributed by atoms with van der Waals surface area (Å²) in [6.07, 6.45) is 0. The van der Waals surface area contributed by atoms with Gasteiger partial charge in [-0.3, -0.25) is 4.79 Å². The van der Waals surface area contributed by atoms with Crippen LogP contribution in [0.5, 0.6) is 0 Å². The molecule has 0 spiro atoms. The Labute approximate surface area is 147 Å². The third-order valence-corrected chi connectivity index (χ3v) is 3.99. The van der Waals surface area contributed by atoms with Crippen molar-refractivity contribution in [1.29, 1.82) is 0 Å². The first-order valence-electron chi connectivity index (χ1n) is 7.81. The van der Waals surface area contributed by atoms with Gasteiger partial charge < -0.3 is 5.11 Å². The van der Waals surface area contributed by atoms with Crippen LogP contribution in [0.2, 0.25) is 0 Å². The van der Waals surface area contributed by atoms with E-state index in [0.29, 0.717) is 22.4 Å². The van der Waals surface area contributed by atoms with Crippen LogP contribution >= 0.6 is 0 Å².